The van der Waals surface area contributed by atoms with Gasteiger partial charge in [0.05, 0.1) is 5.54 Å². The number of carbonyl (C=O) groups excluding carboxylic acids is 1. The Labute approximate surface area is 115 Å². The molecule has 1 amide bonds. The number of hydrogen-bond acceptors (Lipinski definition) is 3. The average molecular weight is 264 g/mol. The second kappa shape index (κ2) is 5.61. The third-order valence-corrected chi connectivity index (χ3v) is 2.72. The highest BCUT2D eigenvalue weighted by Gasteiger charge is 2.26. The van der Waals surface area contributed by atoms with Crippen molar-refractivity contribution in [3.8, 4) is 0 Å². The van der Waals surface area contributed by atoms with Gasteiger partial charge in [0.2, 0.25) is 0 Å². The van der Waals surface area contributed by atoms with Gasteiger partial charge in [0.1, 0.15) is 5.60 Å². The van der Waals surface area contributed by atoms with Crippen LogP contribution >= 0.6 is 0 Å². The maximum atomic E-state index is 11.8. The number of hydrogen-bond donors (Lipinski definition) is 2. The van der Waals surface area contributed by atoms with Crippen LogP contribution in [0.1, 0.15) is 45.7 Å². The first-order chi connectivity index (χ1) is 8.64. The lowest BCUT2D eigenvalue weighted by Gasteiger charge is -2.29. The number of ether oxygens (including phenoxy) is 1. The molecule has 0 fully saturated rings. The topological polar surface area (TPSA) is 64.3 Å². The molecule has 106 valence electrons. The summed E-state index contributed by atoms with van der Waals surface area (Å²) >= 11 is 0. The monoisotopic (exact) mass is 264 g/mol. The Morgan fingerprint density at radius 1 is 1.16 bits per heavy atom. The van der Waals surface area contributed by atoms with Crippen LogP contribution in [0.15, 0.2) is 24.3 Å². The van der Waals surface area contributed by atoms with E-state index in [-0.39, 0.29) is 0 Å². The summed E-state index contributed by atoms with van der Waals surface area (Å²) in [5.41, 5.74) is 6.66. The fourth-order valence-corrected chi connectivity index (χ4v) is 1.69. The standard InChI is InChI=1S/C15H24N2O2/c1-14(2,3)19-13(18)17-15(4,5)12-8-6-11(10-16)7-9-12/h6-9H,10,16H2,1-5H3,(H,17,18). The van der Waals surface area contributed by atoms with Gasteiger partial charge in [0.15, 0.2) is 0 Å². The fourth-order valence-electron chi connectivity index (χ4n) is 1.69. The summed E-state index contributed by atoms with van der Waals surface area (Å²) in [5, 5.41) is 2.87. The summed E-state index contributed by atoms with van der Waals surface area (Å²) in [6, 6.07) is 7.88. The van der Waals surface area contributed by atoms with Gasteiger partial charge < -0.3 is 15.8 Å². The van der Waals surface area contributed by atoms with Gasteiger partial charge in [-0.05, 0) is 45.7 Å². The summed E-state index contributed by atoms with van der Waals surface area (Å²) in [4.78, 5) is 11.8. The lowest BCUT2D eigenvalue weighted by Crippen LogP contribution is -2.43. The highest BCUT2D eigenvalue weighted by molar-refractivity contribution is 5.69. The minimum Gasteiger partial charge on any atom is -0.444 e. The molecule has 0 saturated heterocycles. The zero-order chi connectivity index (χ0) is 14.7. The third kappa shape index (κ3) is 4.91. The normalized spacial score (nSPS) is 12.1. The second-order valence-corrected chi connectivity index (χ2v) is 6.15. The van der Waals surface area contributed by atoms with E-state index in [0.717, 1.165) is 11.1 Å². The molecule has 0 radical (unpaired) electrons. The van der Waals surface area contributed by atoms with E-state index in [2.05, 4.69) is 5.32 Å². The molecule has 19 heavy (non-hydrogen) atoms. The van der Waals surface area contributed by atoms with E-state index >= 15 is 0 Å². The molecule has 0 heterocycles. The van der Waals surface area contributed by atoms with Crippen LogP contribution in [0, 0.1) is 0 Å². The van der Waals surface area contributed by atoms with Crippen molar-refractivity contribution in [3.05, 3.63) is 35.4 Å². The maximum Gasteiger partial charge on any atom is 0.408 e. The molecule has 1 aromatic carbocycles. The number of carbonyl (C=O) groups is 1. The SMILES string of the molecule is CC(C)(C)OC(=O)NC(C)(C)c1ccc(CN)cc1. The van der Waals surface area contributed by atoms with E-state index in [0.29, 0.717) is 6.54 Å². The molecule has 0 aliphatic carbocycles. The van der Waals surface area contributed by atoms with Crippen molar-refractivity contribution in [1.29, 1.82) is 0 Å². The smallest absolute Gasteiger partial charge is 0.408 e. The number of amides is 1. The Hall–Kier alpha value is -1.55. The summed E-state index contributed by atoms with van der Waals surface area (Å²) in [7, 11) is 0. The van der Waals surface area contributed by atoms with Gasteiger partial charge in [-0.2, -0.15) is 0 Å². The molecule has 1 aromatic rings. The number of benzene rings is 1. The van der Waals surface area contributed by atoms with E-state index in [1.165, 1.54) is 0 Å². The van der Waals surface area contributed by atoms with Crippen LogP contribution in [0.5, 0.6) is 0 Å². The second-order valence-electron chi connectivity index (χ2n) is 6.15. The van der Waals surface area contributed by atoms with Crippen molar-refractivity contribution in [1.82, 2.24) is 5.32 Å². The van der Waals surface area contributed by atoms with Gasteiger partial charge in [0.25, 0.3) is 0 Å². The van der Waals surface area contributed by atoms with Gasteiger partial charge in [-0.3, -0.25) is 0 Å². The van der Waals surface area contributed by atoms with Crippen LogP contribution in [0.25, 0.3) is 0 Å². The van der Waals surface area contributed by atoms with Crippen molar-refractivity contribution in [2.45, 2.75) is 52.3 Å². The van der Waals surface area contributed by atoms with Crippen LogP contribution in [0.4, 0.5) is 4.79 Å². The largest absolute Gasteiger partial charge is 0.444 e. The predicted octanol–water partition coefficient (Wildman–Crippen LogP) is 2.91. The van der Waals surface area contributed by atoms with Gasteiger partial charge in [-0.15, -0.1) is 0 Å². The summed E-state index contributed by atoms with van der Waals surface area (Å²) in [6.45, 7) is 9.92. The molecule has 0 aliphatic rings. The third-order valence-electron chi connectivity index (χ3n) is 2.72. The average Bonchev–Trinajstić information content (AvgIpc) is 2.25. The number of nitrogens with one attached hydrogen (secondary N) is 1. The van der Waals surface area contributed by atoms with Gasteiger partial charge in [0, 0.05) is 6.54 Å². The van der Waals surface area contributed by atoms with Crippen LogP contribution in [0.2, 0.25) is 0 Å². The zero-order valence-corrected chi connectivity index (χ0v) is 12.4. The quantitative estimate of drug-likeness (QED) is 0.882. The van der Waals surface area contributed by atoms with Gasteiger partial charge in [-0.1, -0.05) is 24.3 Å². The van der Waals surface area contributed by atoms with Gasteiger partial charge >= 0.3 is 6.09 Å². The Bertz CT molecular complexity index is 430. The molecule has 0 unspecified atom stereocenters. The maximum absolute atomic E-state index is 11.8. The van der Waals surface area contributed by atoms with Crippen molar-refractivity contribution in [3.63, 3.8) is 0 Å². The fraction of sp³-hybridized carbons (Fsp3) is 0.533. The molecule has 0 atom stereocenters. The molecule has 4 heteroatoms. The minimum atomic E-state index is -0.496. The molecular formula is C15H24N2O2. The van der Waals surface area contributed by atoms with E-state index < -0.39 is 17.2 Å². The Morgan fingerprint density at radius 3 is 2.11 bits per heavy atom. The van der Waals surface area contributed by atoms with Crippen molar-refractivity contribution in [2.24, 2.45) is 5.73 Å². The molecular weight excluding hydrogens is 240 g/mol. The Morgan fingerprint density at radius 2 is 1.68 bits per heavy atom. The predicted molar refractivity (Wildman–Crippen MR) is 76.7 cm³/mol. The molecule has 0 aromatic heterocycles. The molecule has 0 aliphatic heterocycles. The minimum absolute atomic E-state index is 0.416. The highest BCUT2D eigenvalue weighted by atomic mass is 16.6. The summed E-state index contributed by atoms with van der Waals surface area (Å²) in [5.74, 6) is 0. The Balaban J connectivity index is 2.76. The van der Waals surface area contributed by atoms with Gasteiger partial charge in [-0.25, -0.2) is 4.79 Å². The Kier molecular flexibility index (Phi) is 4.58. The molecule has 4 nitrogen and oxygen atoms in total. The lowest BCUT2D eigenvalue weighted by atomic mass is 9.93. The molecule has 0 bridgehead atoms. The first-order valence-electron chi connectivity index (χ1n) is 6.45. The van der Waals surface area contributed by atoms with E-state index in [1.54, 1.807) is 0 Å². The lowest BCUT2D eigenvalue weighted by molar-refractivity contribution is 0.0470. The first kappa shape index (κ1) is 15.5. The number of rotatable bonds is 3. The van der Waals surface area contributed by atoms with Crippen molar-refractivity contribution >= 4 is 6.09 Å². The van der Waals surface area contributed by atoms with Crippen LogP contribution in [-0.4, -0.2) is 11.7 Å². The zero-order valence-electron chi connectivity index (χ0n) is 12.4. The number of nitrogens with two attached hydrogens (primary N) is 1. The number of alkyl carbamates (subject to hydrolysis) is 1. The molecule has 0 spiro atoms. The summed E-state index contributed by atoms with van der Waals surface area (Å²) < 4.78 is 5.27. The van der Waals surface area contributed by atoms with Crippen molar-refractivity contribution < 1.29 is 9.53 Å². The van der Waals surface area contributed by atoms with Crippen molar-refractivity contribution in [2.75, 3.05) is 0 Å². The highest BCUT2D eigenvalue weighted by Crippen LogP contribution is 2.21. The first-order valence-corrected chi connectivity index (χ1v) is 6.45. The van der Waals surface area contributed by atoms with E-state index in [9.17, 15) is 4.79 Å². The van der Waals surface area contributed by atoms with E-state index in [4.69, 9.17) is 10.5 Å². The summed E-state index contributed by atoms with van der Waals surface area (Å²) in [6.07, 6.45) is -0.416. The van der Waals surface area contributed by atoms with E-state index in [1.807, 2.05) is 58.9 Å². The molecule has 3 N–H and O–H groups in total. The molecule has 0 saturated carbocycles. The van der Waals surface area contributed by atoms with Crippen LogP contribution < -0.4 is 11.1 Å². The molecule has 1 rings (SSSR count). The van der Waals surface area contributed by atoms with Crippen LogP contribution in [-0.2, 0) is 16.8 Å². The van der Waals surface area contributed by atoms with Crippen LogP contribution in [0.3, 0.4) is 0 Å².